The van der Waals surface area contributed by atoms with Crippen molar-refractivity contribution in [3.63, 3.8) is 0 Å². The Hall–Kier alpha value is -2.30. The summed E-state index contributed by atoms with van der Waals surface area (Å²) in [4.78, 5) is 4.47. The van der Waals surface area contributed by atoms with Crippen LogP contribution in [0.3, 0.4) is 0 Å². The molecule has 0 radical (unpaired) electrons. The number of alkyl halides is 2. The lowest BCUT2D eigenvalue weighted by Gasteiger charge is -2.07. The molecule has 0 aliphatic heterocycles. The zero-order valence-electron chi connectivity index (χ0n) is 11.8. The molecule has 0 saturated heterocycles. The second-order valence-electron chi connectivity index (χ2n) is 4.95. The Balaban J connectivity index is 2.19. The van der Waals surface area contributed by atoms with E-state index in [1.54, 1.807) is 7.05 Å². The molecule has 3 nitrogen and oxygen atoms in total. The summed E-state index contributed by atoms with van der Waals surface area (Å²) in [6.07, 6.45) is -0.168. The number of aromatic nitrogens is 3. The number of rotatable bonds is 3. The van der Waals surface area contributed by atoms with Crippen molar-refractivity contribution in [1.82, 2.24) is 14.8 Å². The molecule has 0 aliphatic carbocycles. The highest BCUT2D eigenvalue weighted by Crippen LogP contribution is 2.30. The van der Waals surface area contributed by atoms with E-state index < -0.39 is 6.43 Å². The van der Waals surface area contributed by atoms with Crippen LogP contribution in [0.1, 0.15) is 24.5 Å². The predicted octanol–water partition coefficient (Wildman–Crippen LogP) is 4.14. The maximum absolute atomic E-state index is 13.3. The largest absolute Gasteiger partial charge is 0.264 e. The number of hydrogen-bond donors (Lipinski definition) is 0. The molecule has 3 aromatic rings. The summed E-state index contributed by atoms with van der Waals surface area (Å²) in [6, 6.07) is 9.27. The van der Waals surface area contributed by atoms with Crippen LogP contribution in [0.5, 0.6) is 0 Å². The Labute approximate surface area is 121 Å². The molecule has 0 unspecified atom stereocenters. The van der Waals surface area contributed by atoms with E-state index in [1.165, 1.54) is 22.5 Å². The van der Waals surface area contributed by atoms with E-state index in [-0.39, 0.29) is 5.56 Å². The summed E-state index contributed by atoms with van der Waals surface area (Å²) in [5.74, 6) is 0. The van der Waals surface area contributed by atoms with Crippen molar-refractivity contribution in [1.29, 1.82) is 0 Å². The molecule has 21 heavy (non-hydrogen) atoms. The molecule has 5 heteroatoms. The lowest BCUT2D eigenvalue weighted by atomic mass is 10.0. The lowest BCUT2D eigenvalue weighted by Crippen LogP contribution is -1.96. The zero-order valence-corrected chi connectivity index (χ0v) is 11.8. The van der Waals surface area contributed by atoms with Crippen molar-refractivity contribution in [2.24, 2.45) is 7.05 Å². The van der Waals surface area contributed by atoms with Crippen molar-refractivity contribution in [2.75, 3.05) is 0 Å². The third kappa shape index (κ3) is 2.39. The Morgan fingerprint density at radius 1 is 1.19 bits per heavy atom. The van der Waals surface area contributed by atoms with E-state index in [1.807, 2.05) is 24.3 Å². The van der Waals surface area contributed by atoms with Gasteiger partial charge in [0.15, 0.2) is 5.65 Å². The first kappa shape index (κ1) is 13.7. The average Bonchev–Trinajstić information content (AvgIpc) is 2.88. The Morgan fingerprint density at radius 2 is 1.90 bits per heavy atom. The van der Waals surface area contributed by atoms with E-state index in [0.717, 1.165) is 12.0 Å². The number of aryl methyl sites for hydroxylation is 2. The molecule has 0 amide bonds. The molecule has 1 aromatic carbocycles. The minimum Gasteiger partial charge on any atom is -0.250 e. The molecule has 108 valence electrons. The zero-order chi connectivity index (χ0) is 15.0. The van der Waals surface area contributed by atoms with Gasteiger partial charge in [0.25, 0.3) is 6.43 Å². The van der Waals surface area contributed by atoms with Crippen LogP contribution in [-0.2, 0) is 13.5 Å². The Bertz CT molecular complexity index is 776. The molecule has 2 heterocycles. The SMILES string of the molecule is CCc1ccc(-c2cc(C(F)F)c3cnn(C)c3n2)cc1. The lowest BCUT2D eigenvalue weighted by molar-refractivity contribution is 0.153. The van der Waals surface area contributed by atoms with Gasteiger partial charge in [-0.3, -0.25) is 4.68 Å². The Morgan fingerprint density at radius 3 is 2.52 bits per heavy atom. The van der Waals surface area contributed by atoms with Gasteiger partial charge < -0.3 is 0 Å². The fraction of sp³-hybridized carbons (Fsp3) is 0.250. The van der Waals surface area contributed by atoms with E-state index in [0.29, 0.717) is 16.7 Å². The number of benzene rings is 1. The summed E-state index contributed by atoms with van der Waals surface area (Å²) in [5, 5.41) is 4.43. The van der Waals surface area contributed by atoms with E-state index in [4.69, 9.17) is 0 Å². The topological polar surface area (TPSA) is 30.7 Å². The monoisotopic (exact) mass is 287 g/mol. The van der Waals surface area contributed by atoms with Crippen molar-refractivity contribution in [2.45, 2.75) is 19.8 Å². The quantitative estimate of drug-likeness (QED) is 0.725. The number of hydrogen-bond acceptors (Lipinski definition) is 2. The number of pyridine rings is 1. The first-order valence-electron chi connectivity index (χ1n) is 6.80. The minimum atomic E-state index is -2.55. The molecular formula is C16H15F2N3. The second kappa shape index (κ2) is 5.24. The van der Waals surface area contributed by atoms with Crippen LogP contribution in [0.4, 0.5) is 8.78 Å². The van der Waals surface area contributed by atoms with Gasteiger partial charge in [0.2, 0.25) is 0 Å². The van der Waals surface area contributed by atoms with Gasteiger partial charge in [0, 0.05) is 23.6 Å². The van der Waals surface area contributed by atoms with Crippen molar-refractivity contribution >= 4 is 11.0 Å². The molecule has 0 spiro atoms. The third-order valence-electron chi connectivity index (χ3n) is 3.63. The van der Waals surface area contributed by atoms with Gasteiger partial charge in [0.05, 0.1) is 11.9 Å². The van der Waals surface area contributed by atoms with Gasteiger partial charge in [-0.15, -0.1) is 0 Å². The van der Waals surface area contributed by atoms with Gasteiger partial charge in [0.1, 0.15) is 0 Å². The van der Waals surface area contributed by atoms with Crippen LogP contribution in [0, 0.1) is 0 Å². The van der Waals surface area contributed by atoms with Crippen LogP contribution in [0.15, 0.2) is 36.5 Å². The van der Waals surface area contributed by atoms with Crippen LogP contribution in [0.25, 0.3) is 22.3 Å². The summed E-state index contributed by atoms with van der Waals surface area (Å²) >= 11 is 0. The molecule has 0 N–H and O–H groups in total. The highest BCUT2D eigenvalue weighted by molar-refractivity contribution is 5.82. The van der Waals surface area contributed by atoms with Gasteiger partial charge in [-0.2, -0.15) is 5.10 Å². The van der Waals surface area contributed by atoms with Crippen LogP contribution in [-0.4, -0.2) is 14.8 Å². The normalized spacial score (nSPS) is 11.5. The maximum atomic E-state index is 13.3. The smallest absolute Gasteiger partial charge is 0.250 e. The first-order chi connectivity index (χ1) is 10.1. The van der Waals surface area contributed by atoms with Crippen molar-refractivity contribution in [3.8, 4) is 11.3 Å². The van der Waals surface area contributed by atoms with Gasteiger partial charge in [-0.05, 0) is 18.1 Å². The van der Waals surface area contributed by atoms with E-state index >= 15 is 0 Å². The standard InChI is InChI=1S/C16H15F2N3/c1-3-10-4-6-11(7-5-10)14-8-12(15(17)18)13-9-19-21(2)16(13)20-14/h4-9,15H,3H2,1-2H3. The summed E-state index contributed by atoms with van der Waals surface area (Å²) < 4.78 is 28.0. The van der Waals surface area contributed by atoms with Gasteiger partial charge in [-0.25, -0.2) is 13.8 Å². The molecule has 0 bridgehead atoms. The second-order valence-corrected chi connectivity index (χ2v) is 4.95. The fourth-order valence-electron chi connectivity index (χ4n) is 2.38. The average molecular weight is 287 g/mol. The summed E-state index contributed by atoms with van der Waals surface area (Å²) in [6.45, 7) is 2.07. The number of halogens is 2. The van der Waals surface area contributed by atoms with Gasteiger partial charge in [-0.1, -0.05) is 31.2 Å². The molecule has 0 atom stereocenters. The minimum absolute atomic E-state index is 0.0253. The van der Waals surface area contributed by atoms with E-state index in [2.05, 4.69) is 17.0 Å². The fourth-order valence-corrected chi connectivity index (χ4v) is 2.38. The van der Waals surface area contributed by atoms with E-state index in [9.17, 15) is 8.78 Å². The van der Waals surface area contributed by atoms with Crippen LogP contribution in [0.2, 0.25) is 0 Å². The van der Waals surface area contributed by atoms with Crippen molar-refractivity contribution in [3.05, 3.63) is 47.7 Å². The Kier molecular flexibility index (Phi) is 3.41. The summed E-state index contributed by atoms with van der Waals surface area (Å²) in [5.41, 5.74) is 3.03. The molecule has 3 rings (SSSR count). The van der Waals surface area contributed by atoms with Crippen LogP contribution >= 0.6 is 0 Å². The molecule has 2 aromatic heterocycles. The molecule has 0 saturated carbocycles. The number of nitrogens with zero attached hydrogens (tertiary/aromatic N) is 3. The molecule has 0 aliphatic rings. The highest BCUT2D eigenvalue weighted by atomic mass is 19.3. The maximum Gasteiger partial charge on any atom is 0.264 e. The van der Waals surface area contributed by atoms with Crippen LogP contribution < -0.4 is 0 Å². The number of fused-ring (bicyclic) bond motifs is 1. The van der Waals surface area contributed by atoms with Crippen molar-refractivity contribution < 1.29 is 8.78 Å². The summed E-state index contributed by atoms with van der Waals surface area (Å²) in [7, 11) is 1.70. The molecular weight excluding hydrogens is 272 g/mol. The highest BCUT2D eigenvalue weighted by Gasteiger charge is 2.17. The van der Waals surface area contributed by atoms with Gasteiger partial charge >= 0.3 is 0 Å². The third-order valence-corrected chi connectivity index (χ3v) is 3.63. The molecule has 0 fully saturated rings. The first-order valence-corrected chi connectivity index (χ1v) is 6.80. The predicted molar refractivity (Wildman–Crippen MR) is 78.3 cm³/mol.